The SMILES string of the molecule is NC(=O)c1ccc(CC2=C(N)CN(C(=O)C(CCO)c3ccccc3)C2)cc1. The molecule has 6 nitrogen and oxygen atoms in total. The van der Waals surface area contributed by atoms with E-state index in [2.05, 4.69) is 0 Å². The molecule has 2 aromatic carbocycles. The standard InChI is InChI=1S/C22H25N3O3/c23-20-14-25(22(28)19(10-11-26)16-4-2-1-3-5-16)13-18(20)12-15-6-8-17(9-7-15)21(24)27/h1-9,19,26H,10-14,23H2,(H2,24,27). The van der Waals surface area contributed by atoms with Crippen LogP contribution >= 0.6 is 0 Å². The van der Waals surface area contributed by atoms with Gasteiger partial charge in [-0.1, -0.05) is 42.5 Å². The van der Waals surface area contributed by atoms with E-state index in [1.807, 2.05) is 42.5 Å². The van der Waals surface area contributed by atoms with Crippen molar-refractivity contribution in [3.63, 3.8) is 0 Å². The molecule has 0 radical (unpaired) electrons. The van der Waals surface area contributed by atoms with Gasteiger partial charge in [0.2, 0.25) is 11.8 Å². The Morgan fingerprint density at radius 3 is 2.32 bits per heavy atom. The van der Waals surface area contributed by atoms with Crippen LogP contribution in [0.4, 0.5) is 0 Å². The lowest BCUT2D eigenvalue weighted by atomic mass is 9.94. The van der Waals surface area contributed by atoms with E-state index in [9.17, 15) is 14.7 Å². The smallest absolute Gasteiger partial charge is 0.248 e. The van der Waals surface area contributed by atoms with Crippen LogP contribution in [0.15, 0.2) is 65.9 Å². The van der Waals surface area contributed by atoms with Gasteiger partial charge < -0.3 is 21.5 Å². The molecule has 146 valence electrons. The Bertz CT molecular complexity index is 876. The van der Waals surface area contributed by atoms with Crippen molar-refractivity contribution < 1.29 is 14.7 Å². The van der Waals surface area contributed by atoms with E-state index in [0.717, 1.165) is 16.7 Å². The Morgan fingerprint density at radius 1 is 1.04 bits per heavy atom. The van der Waals surface area contributed by atoms with Crippen molar-refractivity contribution in [2.75, 3.05) is 19.7 Å². The van der Waals surface area contributed by atoms with E-state index in [4.69, 9.17) is 11.5 Å². The molecule has 1 atom stereocenters. The minimum absolute atomic E-state index is 0.0257. The van der Waals surface area contributed by atoms with Crippen LogP contribution in [0.2, 0.25) is 0 Å². The van der Waals surface area contributed by atoms with Gasteiger partial charge in [0.25, 0.3) is 0 Å². The molecule has 1 unspecified atom stereocenters. The van der Waals surface area contributed by atoms with Crippen molar-refractivity contribution in [3.8, 4) is 0 Å². The zero-order valence-electron chi connectivity index (χ0n) is 15.7. The molecule has 0 fully saturated rings. The van der Waals surface area contributed by atoms with Gasteiger partial charge in [-0.3, -0.25) is 9.59 Å². The number of rotatable bonds is 7. The lowest BCUT2D eigenvalue weighted by Gasteiger charge is -2.23. The largest absolute Gasteiger partial charge is 0.401 e. The normalized spacial score (nSPS) is 15.0. The molecule has 0 aromatic heterocycles. The zero-order chi connectivity index (χ0) is 20.1. The molecule has 1 aliphatic heterocycles. The highest BCUT2D eigenvalue weighted by atomic mass is 16.3. The van der Waals surface area contributed by atoms with E-state index in [1.54, 1.807) is 17.0 Å². The second-order valence-corrected chi connectivity index (χ2v) is 7.04. The maximum Gasteiger partial charge on any atom is 0.248 e. The number of hydrogen-bond donors (Lipinski definition) is 3. The van der Waals surface area contributed by atoms with Crippen LogP contribution < -0.4 is 11.5 Å². The number of aliphatic hydroxyl groups excluding tert-OH is 1. The van der Waals surface area contributed by atoms with Gasteiger partial charge in [0, 0.05) is 24.4 Å². The number of nitrogens with zero attached hydrogens (tertiary/aromatic N) is 1. The van der Waals surface area contributed by atoms with Crippen molar-refractivity contribution >= 4 is 11.8 Å². The van der Waals surface area contributed by atoms with Gasteiger partial charge in [0.15, 0.2) is 0 Å². The second kappa shape index (κ2) is 8.71. The van der Waals surface area contributed by atoms with Gasteiger partial charge in [0.1, 0.15) is 0 Å². The summed E-state index contributed by atoms with van der Waals surface area (Å²) in [4.78, 5) is 26.0. The predicted molar refractivity (Wildman–Crippen MR) is 107 cm³/mol. The van der Waals surface area contributed by atoms with Gasteiger partial charge in [0.05, 0.1) is 12.5 Å². The summed E-state index contributed by atoms with van der Waals surface area (Å²) in [6, 6.07) is 16.6. The molecule has 0 aliphatic carbocycles. The van der Waals surface area contributed by atoms with Crippen molar-refractivity contribution in [2.45, 2.75) is 18.8 Å². The summed E-state index contributed by atoms with van der Waals surface area (Å²) < 4.78 is 0. The fourth-order valence-corrected chi connectivity index (χ4v) is 3.53. The molecule has 0 saturated carbocycles. The number of benzene rings is 2. The molecule has 28 heavy (non-hydrogen) atoms. The quantitative estimate of drug-likeness (QED) is 0.678. The van der Waals surface area contributed by atoms with Crippen molar-refractivity contribution in [1.29, 1.82) is 0 Å². The van der Waals surface area contributed by atoms with E-state index in [1.165, 1.54) is 0 Å². The first-order chi connectivity index (χ1) is 13.5. The Kier molecular flexibility index (Phi) is 6.11. The molecule has 2 aromatic rings. The number of primary amides is 1. The first kappa shape index (κ1) is 19.6. The summed E-state index contributed by atoms with van der Waals surface area (Å²) in [6.07, 6.45) is 0.994. The molecule has 0 spiro atoms. The summed E-state index contributed by atoms with van der Waals surface area (Å²) in [7, 11) is 0. The summed E-state index contributed by atoms with van der Waals surface area (Å²) in [6.45, 7) is 0.806. The topological polar surface area (TPSA) is 110 Å². The van der Waals surface area contributed by atoms with E-state index in [-0.39, 0.29) is 18.4 Å². The number of hydrogen-bond acceptors (Lipinski definition) is 4. The van der Waals surface area contributed by atoms with Gasteiger partial charge in [-0.25, -0.2) is 0 Å². The van der Waals surface area contributed by atoms with Crippen LogP contribution in [0, 0.1) is 0 Å². The molecule has 2 amide bonds. The Morgan fingerprint density at radius 2 is 1.71 bits per heavy atom. The van der Waals surface area contributed by atoms with Gasteiger partial charge >= 0.3 is 0 Å². The number of amides is 2. The van der Waals surface area contributed by atoms with E-state index < -0.39 is 5.91 Å². The van der Waals surface area contributed by atoms with E-state index in [0.29, 0.717) is 37.2 Å². The fourth-order valence-electron chi connectivity index (χ4n) is 3.53. The molecular weight excluding hydrogens is 354 g/mol. The zero-order valence-corrected chi connectivity index (χ0v) is 15.7. The lowest BCUT2D eigenvalue weighted by Crippen LogP contribution is -2.35. The van der Waals surface area contributed by atoms with Crippen LogP contribution in [-0.4, -0.2) is 41.5 Å². The Labute approximate surface area is 164 Å². The van der Waals surface area contributed by atoms with Crippen molar-refractivity contribution in [2.24, 2.45) is 11.5 Å². The molecule has 5 N–H and O–H groups in total. The molecular formula is C22H25N3O3. The summed E-state index contributed by atoms with van der Waals surface area (Å²) in [5.74, 6) is -0.866. The highest BCUT2D eigenvalue weighted by Gasteiger charge is 2.30. The van der Waals surface area contributed by atoms with Crippen LogP contribution in [0.5, 0.6) is 0 Å². The first-order valence-electron chi connectivity index (χ1n) is 9.29. The second-order valence-electron chi connectivity index (χ2n) is 7.04. The number of carbonyl (C=O) groups excluding carboxylic acids is 2. The average Bonchev–Trinajstić information content (AvgIpc) is 3.07. The van der Waals surface area contributed by atoms with Gasteiger partial charge in [-0.05, 0) is 41.7 Å². The highest BCUT2D eigenvalue weighted by Crippen LogP contribution is 2.26. The van der Waals surface area contributed by atoms with Gasteiger partial charge in [-0.2, -0.15) is 0 Å². The summed E-state index contributed by atoms with van der Waals surface area (Å²) in [5.41, 5.74) is 15.5. The summed E-state index contributed by atoms with van der Waals surface area (Å²) in [5, 5.41) is 9.41. The molecule has 3 rings (SSSR count). The average molecular weight is 379 g/mol. The Balaban J connectivity index is 1.69. The predicted octanol–water partition coefficient (Wildman–Crippen LogP) is 1.55. The molecule has 6 heteroatoms. The van der Waals surface area contributed by atoms with Crippen LogP contribution in [0.25, 0.3) is 0 Å². The fraction of sp³-hybridized carbons (Fsp3) is 0.273. The third kappa shape index (κ3) is 4.40. The summed E-state index contributed by atoms with van der Waals surface area (Å²) >= 11 is 0. The third-order valence-electron chi connectivity index (χ3n) is 5.08. The lowest BCUT2D eigenvalue weighted by molar-refractivity contribution is -0.132. The minimum atomic E-state index is -0.459. The van der Waals surface area contributed by atoms with Crippen LogP contribution in [-0.2, 0) is 11.2 Å². The third-order valence-corrected chi connectivity index (χ3v) is 5.08. The Hall–Kier alpha value is -3.12. The maximum atomic E-state index is 13.1. The monoisotopic (exact) mass is 379 g/mol. The number of carbonyl (C=O) groups is 2. The molecule has 1 aliphatic rings. The van der Waals surface area contributed by atoms with Crippen LogP contribution in [0.3, 0.4) is 0 Å². The first-order valence-corrected chi connectivity index (χ1v) is 9.29. The number of aliphatic hydroxyl groups is 1. The number of nitrogens with two attached hydrogens (primary N) is 2. The van der Waals surface area contributed by atoms with Gasteiger partial charge in [-0.15, -0.1) is 0 Å². The molecule has 0 saturated heterocycles. The van der Waals surface area contributed by atoms with E-state index >= 15 is 0 Å². The minimum Gasteiger partial charge on any atom is -0.401 e. The highest BCUT2D eigenvalue weighted by molar-refractivity contribution is 5.92. The molecule has 0 bridgehead atoms. The van der Waals surface area contributed by atoms with Crippen LogP contribution in [0.1, 0.15) is 33.8 Å². The molecule has 1 heterocycles. The van der Waals surface area contributed by atoms with Crippen molar-refractivity contribution in [3.05, 3.63) is 82.6 Å². The maximum absolute atomic E-state index is 13.1. The van der Waals surface area contributed by atoms with Crippen molar-refractivity contribution in [1.82, 2.24) is 4.90 Å².